The van der Waals surface area contributed by atoms with Crippen LogP contribution in [0.4, 0.5) is 0 Å². The van der Waals surface area contributed by atoms with Crippen LogP contribution in [0.2, 0.25) is 0 Å². The second kappa shape index (κ2) is 7.37. The average molecular weight is 357 g/mol. The summed E-state index contributed by atoms with van der Waals surface area (Å²) in [6, 6.07) is 2.34. The van der Waals surface area contributed by atoms with Crippen LogP contribution in [0.3, 0.4) is 0 Å². The van der Waals surface area contributed by atoms with Crippen LogP contribution in [0.15, 0.2) is 6.20 Å². The van der Waals surface area contributed by atoms with E-state index in [-0.39, 0.29) is 5.91 Å². The predicted molar refractivity (Wildman–Crippen MR) is 95.1 cm³/mol. The van der Waals surface area contributed by atoms with E-state index < -0.39 is 5.41 Å². The van der Waals surface area contributed by atoms with Crippen molar-refractivity contribution in [1.82, 2.24) is 19.4 Å². The molecule has 1 saturated carbocycles. The molecule has 1 amide bonds. The summed E-state index contributed by atoms with van der Waals surface area (Å²) < 4.78 is 7.70. The van der Waals surface area contributed by atoms with E-state index in [4.69, 9.17) is 4.74 Å². The minimum atomic E-state index is -0.775. The van der Waals surface area contributed by atoms with Gasteiger partial charge < -0.3 is 14.2 Å². The van der Waals surface area contributed by atoms with Gasteiger partial charge in [-0.3, -0.25) is 9.69 Å². The molecule has 3 heterocycles. The molecule has 4 rings (SSSR count). The van der Waals surface area contributed by atoms with Gasteiger partial charge in [0.05, 0.1) is 25.0 Å². The molecule has 1 aliphatic carbocycles. The maximum Gasteiger partial charge on any atom is 0.243 e. The van der Waals surface area contributed by atoms with Crippen molar-refractivity contribution in [3.63, 3.8) is 0 Å². The summed E-state index contributed by atoms with van der Waals surface area (Å²) in [5.41, 5.74) is 0.440. The van der Waals surface area contributed by atoms with Gasteiger partial charge in [0.15, 0.2) is 0 Å². The third-order valence-electron chi connectivity index (χ3n) is 6.08. The third kappa shape index (κ3) is 3.24. The molecule has 0 unspecified atom stereocenters. The zero-order valence-electron chi connectivity index (χ0n) is 15.3. The number of amides is 1. The van der Waals surface area contributed by atoms with Crippen molar-refractivity contribution in [1.29, 1.82) is 5.26 Å². The second-order valence-electron chi connectivity index (χ2n) is 7.65. The molecule has 2 fully saturated rings. The molecule has 1 aromatic heterocycles. The molecule has 140 valence electrons. The fraction of sp³-hybridized carbons (Fsp3) is 0.737. The Morgan fingerprint density at radius 1 is 1.19 bits per heavy atom. The number of imidazole rings is 1. The Balaban J connectivity index is 1.44. The molecule has 0 bridgehead atoms. The standard InChI is InChI=1S/C19H27N5O2/c20-15-19(4-1-2-5-19)18(25)23-6-3-17-21-13-16(24(17)8-7-23)14-22-9-11-26-12-10-22/h13H,1-12,14H2. The number of nitriles is 1. The van der Waals surface area contributed by atoms with Crippen LogP contribution in [-0.4, -0.2) is 64.7 Å². The molecule has 7 nitrogen and oxygen atoms in total. The normalized spacial score (nSPS) is 23.3. The number of rotatable bonds is 3. The van der Waals surface area contributed by atoms with Crippen molar-refractivity contribution in [2.75, 3.05) is 39.4 Å². The third-order valence-corrected chi connectivity index (χ3v) is 6.08. The molecule has 0 N–H and O–H groups in total. The van der Waals surface area contributed by atoms with Gasteiger partial charge in [0.25, 0.3) is 0 Å². The Morgan fingerprint density at radius 2 is 1.96 bits per heavy atom. The Labute approximate surface area is 154 Å². The predicted octanol–water partition coefficient (Wildman–Crippen LogP) is 1.18. The first-order chi connectivity index (χ1) is 12.7. The van der Waals surface area contributed by atoms with Crippen molar-refractivity contribution in [3.8, 4) is 6.07 Å². The van der Waals surface area contributed by atoms with E-state index in [2.05, 4.69) is 20.5 Å². The molecule has 1 aromatic rings. The molecular weight excluding hydrogens is 330 g/mol. The Hall–Kier alpha value is -1.91. The maximum atomic E-state index is 13.0. The largest absolute Gasteiger partial charge is 0.379 e. The zero-order chi connectivity index (χ0) is 18.0. The molecule has 2 aliphatic heterocycles. The highest BCUT2D eigenvalue weighted by Gasteiger charge is 2.44. The highest BCUT2D eigenvalue weighted by Crippen LogP contribution is 2.39. The molecule has 0 aromatic carbocycles. The van der Waals surface area contributed by atoms with Gasteiger partial charge in [-0.2, -0.15) is 5.26 Å². The van der Waals surface area contributed by atoms with Crippen LogP contribution in [-0.2, 0) is 29.0 Å². The van der Waals surface area contributed by atoms with Crippen LogP contribution in [0.1, 0.15) is 37.2 Å². The lowest BCUT2D eigenvalue weighted by Crippen LogP contribution is -2.43. The zero-order valence-corrected chi connectivity index (χ0v) is 15.3. The summed E-state index contributed by atoms with van der Waals surface area (Å²) >= 11 is 0. The van der Waals surface area contributed by atoms with Crippen molar-refractivity contribution in [2.24, 2.45) is 5.41 Å². The lowest BCUT2D eigenvalue weighted by molar-refractivity contribution is -0.138. The first-order valence-electron chi connectivity index (χ1n) is 9.76. The van der Waals surface area contributed by atoms with Crippen LogP contribution in [0.5, 0.6) is 0 Å². The highest BCUT2D eigenvalue weighted by molar-refractivity contribution is 5.85. The fourth-order valence-electron chi connectivity index (χ4n) is 4.47. The van der Waals surface area contributed by atoms with E-state index in [1.54, 1.807) is 0 Å². The number of hydrogen-bond donors (Lipinski definition) is 0. The molecule has 26 heavy (non-hydrogen) atoms. The minimum absolute atomic E-state index is 0.0398. The van der Waals surface area contributed by atoms with Gasteiger partial charge in [-0.1, -0.05) is 12.8 Å². The van der Waals surface area contributed by atoms with E-state index in [9.17, 15) is 10.1 Å². The second-order valence-corrected chi connectivity index (χ2v) is 7.65. The highest BCUT2D eigenvalue weighted by atomic mass is 16.5. The van der Waals surface area contributed by atoms with Crippen LogP contribution >= 0.6 is 0 Å². The maximum absolute atomic E-state index is 13.0. The summed E-state index contributed by atoms with van der Waals surface area (Å²) in [7, 11) is 0. The van der Waals surface area contributed by atoms with Crippen molar-refractivity contribution >= 4 is 5.91 Å². The molecule has 1 saturated heterocycles. The van der Waals surface area contributed by atoms with Crippen LogP contribution < -0.4 is 0 Å². The number of carbonyl (C=O) groups excluding carboxylic acids is 1. The monoisotopic (exact) mass is 357 g/mol. The van der Waals surface area contributed by atoms with E-state index in [1.807, 2.05) is 11.1 Å². The molecule has 3 aliphatic rings. The lowest BCUT2D eigenvalue weighted by atomic mass is 9.86. The van der Waals surface area contributed by atoms with Crippen molar-refractivity contribution in [3.05, 3.63) is 17.7 Å². The van der Waals surface area contributed by atoms with E-state index in [0.29, 0.717) is 25.9 Å². The SMILES string of the molecule is N#CC1(C(=O)N2CCc3ncc(CN4CCOCC4)n3CC2)CCCC1. The molecule has 7 heteroatoms. The number of nitrogens with zero attached hydrogens (tertiary/aromatic N) is 5. The minimum Gasteiger partial charge on any atom is -0.379 e. The summed E-state index contributed by atoms with van der Waals surface area (Å²) in [6.45, 7) is 6.47. The summed E-state index contributed by atoms with van der Waals surface area (Å²) in [4.78, 5) is 21.9. The van der Waals surface area contributed by atoms with Crippen molar-refractivity contribution < 1.29 is 9.53 Å². The van der Waals surface area contributed by atoms with Gasteiger partial charge in [-0.25, -0.2) is 4.98 Å². The first-order valence-corrected chi connectivity index (χ1v) is 9.76. The van der Waals surface area contributed by atoms with Gasteiger partial charge in [0.2, 0.25) is 5.91 Å². The van der Waals surface area contributed by atoms with Gasteiger partial charge in [0, 0.05) is 51.9 Å². The van der Waals surface area contributed by atoms with E-state index in [0.717, 1.165) is 64.5 Å². The van der Waals surface area contributed by atoms with Gasteiger partial charge in [0.1, 0.15) is 11.2 Å². The first kappa shape index (κ1) is 17.5. The summed E-state index contributed by atoms with van der Waals surface area (Å²) in [5.74, 6) is 1.10. The molecule has 0 atom stereocenters. The van der Waals surface area contributed by atoms with Gasteiger partial charge >= 0.3 is 0 Å². The van der Waals surface area contributed by atoms with Gasteiger partial charge in [-0.05, 0) is 12.8 Å². The van der Waals surface area contributed by atoms with E-state index >= 15 is 0 Å². The quantitative estimate of drug-likeness (QED) is 0.812. The number of hydrogen-bond acceptors (Lipinski definition) is 5. The smallest absolute Gasteiger partial charge is 0.243 e. The average Bonchev–Trinajstić information content (AvgIpc) is 3.25. The Bertz CT molecular complexity index is 695. The summed E-state index contributed by atoms with van der Waals surface area (Å²) in [5, 5.41) is 9.62. The molecular formula is C19H27N5O2. The van der Waals surface area contributed by atoms with Crippen LogP contribution in [0.25, 0.3) is 0 Å². The van der Waals surface area contributed by atoms with Gasteiger partial charge in [-0.15, -0.1) is 0 Å². The number of ether oxygens (including phenoxy) is 1. The Morgan fingerprint density at radius 3 is 2.69 bits per heavy atom. The van der Waals surface area contributed by atoms with E-state index in [1.165, 1.54) is 5.69 Å². The number of morpholine rings is 1. The molecule has 0 radical (unpaired) electrons. The number of fused-ring (bicyclic) bond motifs is 1. The summed E-state index contributed by atoms with van der Waals surface area (Å²) in [6.07, 6.45) is 6.14. The number of carbonyl (C=O) groups is 1. The fourth-order valence-corrected chi connectivity index (χ4v) is 4.47. The Kier molecular flexibility index (Phi) is 4.96. The lowest BCUT2D eigenvalue weighted by Gasteiger charge is -2.29. The van der Waals surface area contributed by atoms with Crippen molar-refractivity contribution in [2.45, 2.75) is 45.2 Å². The molecule has 0 spiro atoms. The topological polar surface area (TPSA) is 74.4 Å². The number of aromatic nitrogens is 2. The van der Waals surface area contributed by atoms with Crippen LogP contribution in [0, 0.1) is 16.7 Å².